The van der Waals surface area contributed by atoms with Crippen LogP contribution in [-0.2, 0) is 25.0 Å². The van der Waals surface area contributed by atoms with Gasteiger partial charge in [0.05, 0.1) is 5.69 Å². The Morgan fingerprint density at radius 3 is 3.10 bits per heavy atom. The third-order valence-electron chi connectivity index (χ3n) is 3.84. The van der Waals surface area contributed by atoms with E-state index in [0.717, 1.165) is 42.5 Å². The number of aromatic amines is 1. The summed E-state index contributed by atoms with van der Waals surface area (Å²) in [7, 11) is 0. The highest BCUT2D eigenvalue weighted by atomic mass is 32.2. The molecule has 0 aromatic carbocycles. The first kappa shape index (κ1) is 14.1. The number of nitrogen functional groups attached to an aromatic ring is 1. The molecule has 3 rings (SSSR count). The Hall–Kier alpha value is -1.82. The lowest BCUT2D eigenvalue weighted by molar-refractivity contribution is 0.869. The molecule has 3 N–H and O–H groups in total. The summed E-state index contributed by atoms with van der Waals surface area (Å²) in [6.07, 6.45) is 5.42. The number of H-pyrrole nitrogens is 1. The van der Waals surface area contributed by atoms with Gasteiger partial charge in [0.15, 0.2) is 5.16 Å². The molecule has 1 aliphatic rings. The van der Waals surface area contributed by atoms with E-state index < -0.39 is 0 Å². The third kappa shape index (κ3) is 2.81. The lowest BCUT2D eigenvalue weighted by atomic mass is 10.1. The minimum atomic E-state index is 0.00914. The second-order valence-corrected chi connectivity index (χ2v) is 6.09. The van der Waals surface area contributed by atoms with Crippen LogP contribution in [0.3, 0.4) is 0 Å². The summed E-state index contributed by atoms with van der Waals surface area (Å²) in [6.45, 7) is 2.10. The minimum absolute atomic E-state index is 0.00914. The standard InChI is InChI=1S/C15H18N4OS/c1-2-9-6-7-17-13(16)11(9)8-21-15-18-12-5-3-4-10(12)14(20)19-15/h6-7H,2-5,8H2,1H3,(H2,16,17)(H,18,19,20). The molecule has 0 radical (unpaired) electrons. The second kappa shape index (κ2) is 5.89. The SMILES string of the molecule is CCc1ccnc(N)c1CSc1nc2c(c(=O)[nH]1)CCC2. The molecule has 0 saturated heterocycles. The zero-order chi connectivity index (χ0) is 14.8. The van der Waals surface area contributed by atoms with E-state index in [1.165, 1.54) is 17.3 Å². The molecule has 2 heterocycles. The molecule has 2 aromatic heterocycles. The molecule has 5 nitrogen and oxygen atoms in total. The van der Waals surface area contributed by atoms with Gasteiger partial charge in [0.25, 0.3) is 5.56 Å². The number of pyridine rings is 1. The van der Waals surface area contributed by atoms with Crippen molar-refractivity contribution in [2.24, 2.45) is 0 Å². The van der Waals surface area contributed by atoms with E-state index in [1.54, 1.807) is 6.20 Å². The van der Waals surface area contributed by atoms with Crippen molar-refractivity contribution in [3.8, 4) is 0 Å². The van der Waals surface area contributed by atoms with Gasteiger partial charge in [0.1, 0.15) is 5.82 Å². The predicted octanol–water partition coefficient (Wildman–Crippen LogP) is 2.09. The van der Waals surface area contributed by atoms with Crippen molar-refractivity contribution in [1.82, 2.24) is 15.0 Å². The normalized spacial score (nSPS) is 13.4. The van der Waals surface area contributed by atoms with Crippen molar-refractivity contribution in [2.45, 2.75) is 43.5 Å². The van der Waals surface area contributed by atoms with Crippen LogP contribution in [0.5, 0.6) is 0 Å². The Morgan fingerprint density at radius 2 is 2.29 bits per heavy atom. The maximum atomic E-state index is 12.0. The number of aromatic nitrogens is 3. The Morgan fingerprint density at radius 1 is 1.43 bits per heavy atom. The second-order valence-electron chi connectivity index (χ2n) is 5.13. The van der Waals surface area contributed by atoms with Crippen LogP contribution in [-0.4, -0.2) is 15.0 Å². The van der Waals surface area contributed by atoms with Crippen molar-refractivity contribution in [3.63, 3.8) is 0 Å². The molecule has 0 saturated carbocycles. The fourth-order valence-electron chi connectivity index (χ4n) is 2.68. The van der Waals surface area contributed by atoms with Gasteiger partial charge in [0, 0.05) is 23.1 Å². The number of fused-ring (bicyclic) bond motifs is 1. The quantitative estimate of drug-likeness (QED) is 0.667. The molecule has 6 heteroatoms. The monoisotopic (exact) mass is 302 g/mol. The van der Waals surface area contributed by atoms with Crippen LogP contribution >= 0.6 is 11.8 Å². The summed E-state index contributed by atoms with van der Waals surface area (Å²) in [4.78, 5) is 23.6. The maximum absolute atomic E-state index is 12.0. The van der Waals surface area contributed by atoms with Gasteiger partial charge in [-0.05, 0) is 37.3 Å². The predicted molar refractivity (Wildman–Crippen MR) is 84.5 cm³/mol. The number of nitrogens with zero attached hydrogens (tertiary/aromatic N) is 2. The molecule has 0 amide bonds. The summed E-state index contributed by atoms with van der Waals surface area (Å²) < 4.78 is 0. The number of hydrogen-bond donors (Lipinski definition) is 2. The fourth-order valence-corrected chi connectivity index (χ4v) is 3.63. The van der Waals surface area contributed by atoms with Crippen molar-refractivity contribution in [1.29, 1.82) is 0 Å². The van der Waals surface area contributed by atoms with Crippen LogP contribution in [0.15, 0.2) is 22.2 Å². The molecule has 2 aromatic rings. The highest BCUT2D eigenvalue weighted by Gasteiger charge is 2.17. The van der Waals surface area contributed by atoms with E-state index in [9.17, 15) is 4.79 Å². The molecule has 110 valence electrons. The Labute approximate surface area is 127 Å². The molecule has 0 fully saturated rings. The van der Waals surface area contributed by atoms with Gasteiger partial charge >= 0.3 is 0 Å². The highest BCUT2D eigenvalue weighted by molar-refractivity contribution is 7.98. The number of hydrogen-bond acceptors (Lipinski definition) is 5. The molecule has 0 unspecified atom stereocenters. The summed E-state index contributed by atoms with van der Waals surface area (Å²) in [5.41, 5.74) is 10.0. The lowest BCUT2D eigenvalue weighted by Gasteiger charge is -2.10. The average molecular weight is 302 g/mol. The zero-order valence-corrected chi connectivity index (χ0v) is 12.8. The lowest BCUT2D eigenvalue weighted by Crippen LogP contribution is -2.15. The molecule has 0 atom stereocenters. The Bertz CT molecular complexity index is 726. The van der Waals surface area contributed by atoms with Gasteiger partial charge in [-0.3, -0.25) is 4.79 Å². The molecule has 21 heavy (non-hydrogen) atoms. The van der Waals surface area contributed by atoms with Gasteiger partial charge in [-0.15, -0.1) is 0 Å². The molecular formula is C15H18N4OS. The van der Waals surface area contributed by atoms with Crippen molar-refractivity contribution < 1.29 is 0 Å². The number of aryl methyl sites for hydroxylation is 2. The van der Waals surface area contributed by atoms with Gasteiger partial charge in [-0.1, -0.05) is 18.7 Å². The molecule has 0 spiro atoms. The summed E-state index contributed by atoms with van der Waals surface area (Å²) in [5, 5.41) is 0.672. The van der Waals surface area contributed by atoms with E-state index in [2.05, 4.69) is 21.9 Å². The van der Waals surface area contributed by atoms with Crippen LogP contribution in [0.4, 0.5) is 5.82 Å². The van der Waals surface area contributed by atoms with E-state index >= 15 is 0 Å². The smallest absolute Gasteiger partial charge is 0.254 e. The Kier molecular flexibility index (Phi) is 3.96. The van der Waals surface area contributed by atoms with E-state index in [4.69, 9.17) is 5.73 Å². The van der Waals surface area contributed by atoms with Crippen LogP contribution in [0.25, 0.3) is 0 Å². The molecule has 0 bridgehead atoms. The number of nitrogens with one attached hydrogen (secondary N) is 1. The first-order valence-corrected chi connectivity index (χ1v) is 8.14. The number of anilines is 1. The van der Waals surface area contributed by atoms with Gasteiger partial charge in [0.2, 0.25) is 0 Å². The van der Waals surface area contributed by atoms with Crippen molar-refractivity contribution in [3.05, 3.63) is 45.0 Å². The topological polar surface area (TPSA) is 84.7 Å². The molecule has 0 aliphatic heterocycles. The van der Waals surface area contributed by atoms with Crippen LogP contribution in [0.1, 0.15) is 35.7 Å². The highest BCUT2D eigenvalue weighted by Crippen LogP contribution is 2.26. The van der Waals surface area contributed by atoms with E-state index in [0.29, 0.717) is 16.7 Å². The Balaban J connectivity index is 1.83. The van der Waals surface area contributed by atoms with E-state index in [-0.39, 0.29) is 5.56 Å². The summed E-state index contributed by atoms with van der Waals surface area (Å²) in [5.74, 6) is 1.23. The number of rotatable bonds is 4. The molecular weight excluding hydrogens is 284 g/mol. The van der Waals surface area contributed by atoms with Gasteiger partial charge in [-0.25, -0.2) is 9.97 Å². The summed E-state index contributed by atoms with van der Waals surface area (Å²) >= 11 is 1.51. The first-order valence-electron chi connectivity index (χ1n) is 7.16. The van der Waals surface area contributed by atoms with Gasteiger partial charge < -0.3 is 10.7 Å². The van der Waals surface area contributed by atoms with Crippen LogP contribution in [0, 0.1) is 0 Å². The van der Waals surface area contributed by atoms with Crippen LogP contribution < -0.4 is 11.3 Å². The third-order valence-corrected chi connectivity index (χ3v) is 4.74. The van der Waals surface area contributed by atoms with Gasteiger partial charge in [-0.2, -0.15) is 0 Å². The first-order chi connectivity index (χ1) is 10.2. The summed E-state index contributed by atoms with van der Waals surface area (Å²) in [6, 6.07) is 1.99. The minimum Gasteiger partial charge on any atom is -0.383 e. The fraction of sp³-hybridized carbons (Fsp3) is 0.400. The number of nitrogens with two attached hydrogens (primary N) is 1. The van der Waals surface area contributed by atoms with Crippen molar-refractivity contribution >= 4 is 17.6 Å². The van der Waals surface area contributed by atoms with E-state index in [1.807, 2.05) is 6.07 Å². The average Bonchev–Trinajstić information content (AvgIpc) is 2.94. The zero-order valence-electron chi connectivity index (χ0n) is 12.0. The van der Waals surface area contributed by atoms with Crippen LogP contribution in [0.2, 0.25) is 0 Å². The maximum Gasteiger partial charge on any atom is 0.254 e. The van der Waals surface area contributed by atoms with Crippen molar-refractivity contribution in [2.75, 3.05) is 5.73 Å². The molecule has 1 aliphatic carbocycles. The number of thioether (sulfide) groups is 1. The largest absolute Gasteiger partial charge is 0.383 e.